The van der Waals surface area contributed by atoms with E-state index in [1.165, 1.54) is 7.11 Å². The number of H-pyrrole nitrogens is 1. The molecule has 3 aromatic carbocycles. The number of carbonyl (C=O) groups excluding carboxylic acids is 1. The van der Waals surface area contributed by atoms with Gasteiger partial charge in [0.1, 0.15) is 17.2 Å². The first-order valence-corrected chi connectivity index (χ1v) is 14.3. The number of hydrogen-bond acceptors (Lipinski definition) is 6. The van der Waals surface area contributed by atoms with Gasteiger partial charge in [-0.1, -0.05) is 48.5 Å². The van der Waals surface area contributed by atoms with Gasteiger partial charge in [0, 0.05) is 47.2 Å². The van der Waals surface area contributed by atoms with E-state index < -0.39 is 11.9 Å². The zero-order valence-corrected chi connectivity index (χ0v) is 24.6. The molecule has 0 aliphatic carbocycles. The molecule has 2 N–H and O–H groups in total. The molecule has 5 aromatic rings. The van der Waals surface area contributed by atoms with Crippen LogP contribution in [-0.2, 0) is 28.9 Å². The van der Waals surface area contributed by atoms with Crippen LogP contribution >= 0.6 is 0 Å². The number of ether oxygens (including phenoxy) is 3. The van der Waals surface area contributed by atoms with Crippen LogP contribution in [0.15, 0.2) is 89.9 Å². The molecule has 8 heteroatoms. The Morgan fingerprint density at radius 2 is 1.72 bits per heavy atom. The van der Waals surface area contributed by atoms with Gasteiger partial charge in [0.05, 0.1) is 32.8 Å². The van der Waals surface area contributed by atoms with Gasteiger partial charge in [-0.05, 0) is 54.8 Å². The number of methoxy groups -OCH3 is 2. The van der Waals surface area contributed by atoms with Crippen molar-refractivity contribution in [2.75, 3.05) is 20.8 Å². The van der Waals surface area contributed by atoms with E-state index in [1.807, 2.05) is 72.9 Å². The van der Waals surface area contributed by atoms with Crippen molar-refractivity contribution in [2.24, 2.45) is 0 Å². The molecule has 2 heterocycles. The molecule has 0 amide bonds. The van der Waals surface area contributed by atoms with Crippen molar-refractivity contribution in [1.29, 1.82) is 0 Å². The Morgan fingerprint density at radius 1 is 0.977 bits per heavy atom. The van der Waals surface area contributed by atoms with Crippen LogP contribution in [0.3, 0.4) is 0 Å². The Bertz CT molecular complexity index is 1770. The maximum atomic E-state index is 14.1. The van der Waals surface area contributed by atoms with Gasteiger partial charge in [-0.3, -0.25) is 9.59 Å². The van der Waals surface area contributed by atoms with Gasteiger partial charge in [-0.15, -0.1) is 0 Å². The topological polar surface area (TPSA) is 103 Å². The van der Waals surface area contributed by atoms with E-state index in [9.17, 15) is 14.7 Å². The van der Waals surface area contributed by atoms with Crippen molar-refractivity contribution in [3.05, 3.63) is 123 Å². The monoisotopic (exact) mass is 580 g/mol. The van der Waals surface area contributed by atoms with Crippen LogP contribution in [0.2, 0.25) is 0 Å². The molecule has 1 atom stereocenters. The molecule has 8 nitrogen and oxygen atoms in total. The molecule has 0 aliphatic heterocycles. The lowest BCUT2D eigenvalue weighted by molar-refractivity contribution is -0.140. The number of esters is 1. The zero-order valence-electron chi connectivity index (χ0n) is 24.6. The fourth-order valence-corrected chi connectivity index (χ4v) is 5.53. The molecule has 2 aromatic heterocycles. The van der Waals surface area contributed by atoms with E-state index in [0.29, 0.717) is 43.0 Å². The highest BCUT2D eigenvalue weighted by Crippen LogP contribution is 2.37. The van der Waals surface area contributed by atoms with E-state index in [4.69, 9.17) is 14.2 Å². The highest BCUT2D eigenvalue weighted by Gasteiger charge is 2.29. The first-order valence-electron chi connectivity index (χ1n) is 14.3. The van der Waals surface area contributed by atoms with Gasteiger partial charge < -0.3 is 28.9 Å². The van der Waals surface area contributed by atoms with Crippen molar-refractivity contribution in [3.63, 3.8) is 0 Å². The summed E-state index contributed by atoms with van der Waals surface area (Å²) < 4.78 is 18.1. The molecular weight excluding hydrogens is 544 g/mol. The summed E-state index contributed by atoms with van der Waals surface area (Å²) in [7, 11) is 2.94. The van der Waals surface area contributed by atoms with Gasteiger partial charge in [0.25, 0.3) is 5.56 Å². The number of benzene rings is 3. The Balaban J connectivity index is 1.46. The number of pyridine rings is 1. The summed E-state index contributed by atoms with van der Waals surface area (Å²) in [6, 6.07) is 24.7. The van der Waals surface area contributed by atoms with E-state index in [1.54, 1.807) is 24.7 Å². The number of nitrogens with zero attached hydrogens (tertiary/aromatic N) is 1. The number of rotatable bonds is 12. The van der Waals surface area contributed by atoms with Gasteiger partial charge >= 0.3 is 5.97 Å². The third kappa shape index (κ3) is 6.59. The Morgan fingerprint density at radius 3 is 2.49 bits per heavy atom. The highest BCUT2D eigenvalue weighted by molar-refractivity contribution is 5.83. The summed E-state index contributed by atoms with van der Waals surface area (Å²) in [6.45, 7) is 2.58. The van der Waals surface area contributed by atoms with Crippen LogP contribution in [-0.4, -0.2) is 41.5 Å². The van der Waals surface area contributed by atoms with Gasteiger partial charge in [0.15, 0.2) is 0 Å². The lowest BCUT2D eigenvalue weighted by atomic mass is 9.87. The van der Waals surface area contributed by atoms with Crippen molar-refractivity contribution in [1.82, 2.24) is 9.55 Å². The quantitative estimate of drug-likeness (QED) is 0.178. The normalized spacial score (nSPS) is 11.8. The van der Waals surface area contributed by atoms with Crippen LogP contribution in [0.25, 0.3) is 10.9 Å². The molecule has 0 saturated carbocycles. The molecule has 222 valence electrons. The molecule has 0 fully saturated rings. The molecule has 5 rings (SSSR count). The van der Waals surface area contributed by atoms with E-state index in [2.05, 4.69) is 11.1 Å². The van der Waals surface area contributed by atoms with Crippen LogP contribution < -0.4 is 15.0 Å². The molecule has 1 unspecified atom stereocenters. The molecule has 0 spiro atoms. The summed E-state index contributed by atoms with van der Waals surface area (Å²) in [5.41, 5.74) is 4.26. The summed E-state index contributed by atoms with van der Waals surface area (Å²) in [5.74, 6) is -0.118. The molecular formula is C35H36N2O6. The first-order chi connectivity index (χ1) is 20.9. The second kappa shape index (κ2) is 13.3. The van der Waals surface area contributed by atoms with E-state index in [0.717, 1.165) is 27.8 Å². The summed E-state index contributed by atoms with van der Waals surface area (Å²) in [5, 5.41) is 12.3. The van der Waals surface area contributed by atoms with Crippen molar-refractivity contribution < 1.29 is 24.1 Å². The minimum Gasteiger partial charge on any atom is -0.507 e. The number of aromatic nitrogens is 2. The number of para-hydroxylation sites is 2. The molecule has 0 aliphatic rings. The van der Waals surface area contributed by atoms with Gasteiger partial charge in [-0.25, -0.2) is 0 Å². The van der Waals surface area contributed by atoms with Crippen molar-refractivity contribution in [3.8, 4) is 17.2 Å². The molecule has 0 bridgehead atoms. The number of fused-ring (bicyclic) bond motifs is 1. The van der Waals surface area contributed by atoms with E-state index >= 15 is 0 Å². The van der Waals surface area contributed by atoms with Gasteiger partial charge in [-0.2, -0.15) is 0 Å². The number of aryl methyl sites for hydroxylation is 2. The zero-order chi connectivity index (χ0) is 30.3. The van der Waals surface area contributed by atoms with Crippen LogP contribution in [0.4, 0.5) is 0 Å². The Labute approximate surface area is 250 Å². The maximum Gasteiger partial charge on any atom is 0.306 e. The van der Waals surface area contributed by atoms with Crippen molar-refractivity contribution in [2.45, 2.75) is 38.6 Å². The Hall–Kier alpha value is -4.98. The van der Waals surface area contributed by atoms with Crippen molar-refractivity contribution >= 4 is 16.9 Å². The highest BCUT2D eigenvalue weighted by atomic mass is 16.5. The van der Waals surface area contributed by atoms with Crippen LogP contribution in [0.1, 0.15) is 40.3 Å². The second-order valence-corrected chi connectivity index (χ2v) is 10.5. The molecule has 43 heavy (non-hydrogen) atoms. The van der Waals surface area contributed by atoms with Crippen LogP contribution in [0, 0.1) is 6.92 Å². The lowest BCUT2D eigenvalue weighted by Crippen LogP contribution is -2.29. The SMILES string of the molecule is COC(=O)CC(c1ccccc1OCCc1ccc(OC)cc1)c1c(O)cc(C)n(CCc2c[nH]c3ccccc23)c1=O. The predicted molar refractivity (Wildman–Crippen MR) is 166 cm³/mol. The summed E-state index contributed by atoms with van der Waals surface area (Å²) >= 11 is 0. The number of hydrogen-bond donors (Lipinski definition) is 2. The fraction of sp³-hybridized carbons (Fsp3) is 0.257. The standard InChI is InChI=1S/C35H36N2O6/c1-23-20-31(38)34(35(40)37(23)18-16-25-22-36-30-10-6-4-8-27(25)30)29(21-33(39)42-3)28-9-5-7-11-32(28)43-19-17-24-12-14-26(41-2)15-13-24/h4-15,20,22,29,36,38H,16-19,21H2,1-3H3. The molecule has 0 saturated heterocycles. The number of carbonyl (C=O) groups is 1. The average molecular weight is 581 g/mol. The minimum atomic E-state index is -0.780. The third-order valence-electron chi connectivity index (χ3n) is 7.85. The largest absolute Gasteiger partial charge is 0.507 e. The average Bonchev–Trinajstić information content (AvgIpc) is 3.44. The number of nitrogens with one attached hydrogen (secondary N) is 1. The lowest BCUT2D eigenvalue weighted by Gasteiger charge is -2.22. The molecule has 0 radical (unpaired) electrons. The maximum absolute atomic E-state index is 14.1. The third-order valence-corrected chi connectivity index (χ3v) is 7.85. The number of aromatic hydroxyl groups is 1. The predicted octanol–water partition coefficient (Wildman–Crippen LogP) is 5.91. The number of aromatic amines is 1. The minimum absolute atomic E-state index is 0.135. The summed E-state index contributed by atoms with van der Waals surface area (Å²) in [4.78, 5) is 30.0. The summed E-state index contributed by atoms with van der Waals surface area (Å²) in [6.07, 6.45) is 3.09. The van der Waals surface area contributed by atoms with Crippen LogP contribution in [0.5, 0.6) is 17.2 Å². The smallest absolute Gasteiger partial charge is 0.306 e. The fourth-order valence-electron chi connectivity index (χ4n) is 5.53. The van der Waals surface area contributed by atoms with Gasteiger partial charge in [0.2, 0.25) is 0 Å². The first kappa shape index (κ1) is 29.5. The van der Waals surface area contributed by atoms with E-state index in [-0.39, 0.29) is 23.3 Å². The second-order valence-electron chi connectivity index (χ2n) is 10.5. The Kier molecular flexibility index (Phi) is 9.15.